The van der Waals surface area contributed by atoms with Crippen molar-refractivity contribution in [1.82, 2.24) is 0 Å². The van der Waals surface area contributed by atoms with Crippen molar-refractivity contribution in [3.05, 3.63) is 33.6 Å². The first kappa shape index (κ1) is 8.99. The lowest BCUT2D eigenvalue weighted by atomic mass is 10.2. The first-order chi connectivity index (χ1) is 5.54. The van der Waals surface area contributed by atoms with E-state index in [1.165, 1.54) is 19.1 Å². The van der Waals surface area contributed by atoms with Gasteiger partial charge in [0.2, 0.25) is 0 Å². The van der Waals surface area contributed by atoms with E-state index in [0.29, 0.717) is 5.56 Å². The van der Waals surface area contributed by atoms with Gasteiger partial charge in [0.1, 0.15) is 10.7 Å². The molecule has 1 rings (SSSR count). The lowest BCUT2D eigenvalue weighted by Crippen LogP contribution is -1.93. The van der Waals surface area contributed by atoms with Crippen LogP contribution in [-0.2, 0) is 0 Å². The summed E-state index contributed by atoms with van der Waals surface area (Å²) in [5, 5.41) is 10.3. The molecule has 64 valence electrons. The summed E-state index contributed by atoms with van der Waals surface area (Å²) in [5.74, 6) is -0.632. The fraction of sp³-hybridized carbons (Fsp3) is 0.143. The molecule has 5 heteroatoms. The van der Waals surface area contributed by atoms with Crippen LogP contribution in [0.25, 0.3) is 0 Å². The minimum absolute atomic E-state index is 0.208. The van der Waals surface area contributed by atoms with Gasteiger partial charge in [0.05, 0.1) is 4.92 Å². The first-order valence-corrected chi connectivity index (χ1v) is 3.61. The van der Waals surface area contributed by atoms with Crippen molar-refractivity contribution in [3.8, 4) is 0 Å². The molecule has 1 aromatic carbocycles. The van der Waals surface area contributed by atoms with Gasteiger partial charge in [-0.05, 0) is 18.6 Å². The molecule has 3 nitrogen and oxygen atoms in total. The molecule has 1 aromatic rings. The molecule has 0 aromatic heterocycles. The van der Waals surface area contributed by atoms with E-state index in [1.807, 2.05) is 0 Å². The molecule has 0 heterocycles. The predicted molar refractivity (Wildman–Crippen MR) is 45.0 cm³/mol. The monoisotopic (exact) mass is 187 g/mol. The predicted octanol–water partition coefficient (Wildman–Crippen LogP) is 2.33. The number of hydrogen-bond acceptors (Lipinski definition) is 3. The highest BCUT2D eigenvalue weighted by Gasteiger charge is 2.15. The van der Waals surface area contributed by atoms with Crippen molar-refractivity contribution in [2.24, 2.45) is 0 Å². The average molecular weight is 187 g/mol. The van der Waals surface area contributed by atoms with Gasteiger partial charge in [0.25, 0.3) is 5.69 Å². The van der Waals surface area contributed by atoms with Crippen LogP contribution in [0.3, 0.4) is 0 Å². The second kappa shape index (κ2) is 3.10. The van der Waals surface area contributed by atoms with E-state index in [4.69, 9.17) is 0 Å². The number of benzene rings is 1. The van der Waals surface area contributed by atoms with Crippen molar-refractivity contribution in [2.75, 3.05) is 0 Å². The molecule has 0 bridgehead atoms. The third kappa shape index (κ3) is 1.40. The Morgan fingerprint density at radius 3 is 2.67 bits per heavy atom. The Labute approximate surface area is 73.8 Å². The average Bonchev–Trinajstić information content (AvgIpc) is 2.00. The summed E-state index contributed by atoms with van der Waals surface area (Å²) in [6.07, 6.45) is 0. The van der Waals surface area contributed by atoms with Crippen LogP contribution in [0.2, 0.25) is 0 Å². The van der Waals surface area contributed by atoms with E-state index in [9.17, 15) is 14.5 Å². The van der Waals surface area contributed by atoms with Crippen LogP contribution in [0.15, 0.2) is 17.0 Å². The second-order valence-electron chi connectivity index (χ2n) is 2.32. The molecule has 0 saturated carbocycles. The smallest absolute Gasteiger partial charge is 0.258 e. The molecule has 0 unspecified atom stereocenters. The largest absolute Gasteiger partial charge is 0.285 e. The highest BCUT2D eigenvalue weighted by molar-refractivity contribution is 7.80. The number of hydrogen-bond donors (Lipinski definition) is 1. The van der Waals surface area contributed by atoms with E-state index in [1.54, 1.807) is 0 Å². The van der Waals surface area contributed by atoms with Crippen molar-refractivity contribution in [3.63, 3.8) is 0 Å². The maximum Gasteiger partial charge on any atom is 0.285 e. The van der Waals surface area contributed by atoms with Gasteiger partial charge in [0.15, 0.2) is 0 Å². The maximum atomic E-state index is 13.0. The molecular formula is C7H6FNO2S. The van der Waals surface area contributed by atoms with Crippen LogP contribution in [0, 0.1) is 22.9 Å². The van der Waals surface area contributed by atoms with E-state index in [0.717, 1.165) is 0 Å². The number of halogens is 1. The van der Waals surface area contributed by atoms with Gasteiger partial charge in [0, 0.05) is 6.07 Å². The summed E-state index contributed by atoms with van der Waals surface area (Å²) in [5.41, 5.74) is 0.0482. The fourth-order valence-corrected chi connectivity index (χ4v) is 1.14. The molecule has 12 heavy (non-hydrogen) atoms. The third-order valence-corrected chi connectivity index (χ3v) is 1.91. The van der Waals surface area contributed by atoms with Crippen molar-refractivity contribution in [2.45, 2.75) is 11.8 Å². The molecule has 0 atom stereocenters. The van der Waals surface area contributed by atoms with Crippen LogP contribution >= 0.6 is 12.6 Å². The van der Waals surface area contributed by atoms with Crippen molar-refractivity contribution in [1.29, 1.82) is 0 Å². The zero-order chi connectivity index (χ0) is 9.30. The van der Waals surface area contributed by atoms with Gasteiger partial charge in [-0.3, -0.25) is 10.1 Å². The summed E-state index contributed by atoms with van der Waals surface area (Å²) in [6, 6.07) is 2.59. The summed E-state index contributed by atoms with van der Waals surface area (Å²) < 4.78 is 13.0. The van der Waals surface area contributed by atoms with Crippen LogP contribution in [0.4, 0.5) is 10.1 Å². The fourth-order valence-electron chi connectivity index (χ4n) is 0.803. The van der Waals surface area contributed by atoms with Gasteiger partial charge in [-0.15, -0.1) is 12.6 Å². The van der Waals surface area contributed by atoms with Crippen LogP contribution in [-0.4, -0.2) is 4.92 Å². The molecule has 0 aliphatic rings. The molecule has 0 fully saturated rings. The Kier molecular flexibility index (Phi) is 2.32. The molecule has 0 radical (unpaired) electrons. The minimum Gasteiger partial charge on any atom is -0.258 e. The number of nitrogens with zero attached hydrogens (tertiary/aromatic N) is 1. The summed E-state index contributed by atoms with van der Waals surface area (Å²) in [6.45, 7) is 1.53. The quantitative estimate of drug-likeness (QED) is 0.416. The van der Waals surface area contributed by atoms with Crippen LogP contribution < -0.4 is 0 Å². The molecule has 0 spiro atoms. The number of rotatable bonds is 1. The highest BCUT2D eigenvalue weighted by Crippen LogP contribution is 2.26. The van der Waals surface area contributed by atoms with Crippen molar-refractivity contribution < 1.29 is 9.31 Å². The Morgan fingerprint density at radius 1 is 1.58 bits per heavy atom. The van der Waals surface area contributed by atoms with Gasteiger partial charge in [-0.1, -0.05) is 0 Å². The molecule has 0 aliphatic heterocycles. The Bertz CT molecular complexity index is 340. The first-order valence-electron chi connectivity index (χ1n) is 3.16. The van der Waals surface area contributed by atoms with E-state index in [-0.39, 0.29) is 10.6 Å². The minimum atomic E-state index is -0.662. The number of nitro groups is 1. The third-order valence-electron chi connectivity index (χ3n) is 1.48. The van der Waals surface area contributed by atoms with Crippen molar-refractivity contribution >= 4 is 18.3 Å². The van der Waals surface area contributed by atoms with Crippen LogP contribution in [0.5, 0.6) is 0 Å². The standard InChI is InChI=1S/C7H6FNO2S/c1-4-2-3-5(9(10)11)7(12)6(4)8/h2-3,12H,1H3. The zero-order valence-corrected chi connectivity index (χ0v) is 7.14. The Morgan fingerprint density at radius 2 is 2.17 bits per heavy atom. The molecule has 0 N–H and O–H groups in total. The van der Waals surface area contributed by atoms with E-state index < -0.39 is 10.7 Å². The van der Waals surface area contributed by atoms with Gasteiger partial charge >= 0.3 is 0 Å². The van der Waals surface area contributed by atoms with E-state index in [2.05, 4.69) is 12.6 Å². The van der Waals surface area contributed by atoms with Gasteiger partial charge in [-0.2, -0.15) is 0 Å². The lowest BCUT2D eigenvalue weighted by molar-refractivity contribution is -0.388. The van der Waals surface area contributed by atoms with Gasteiger partial charge in [-0.25, -0.2) is 4.39 Å². The SMILES string of the molecule is Cc1ccc([N+](=O)[O-])c(S)c1F. The second-order valence-corrected chi connectivity index (χ2v) is 2.77. The van der Waals surface area contributed by atoms with Crippen LogP contribution in [0.1, 0.15) is 5.56 Å². The normalized spacial score (nSPS) is 9.92. The maximum absolute atomic E-state index is 13.0. The van der Waals surface area contributed by atoms with Gasteiger partial charge < -0.3 is 0 Å². The molecule has 0 saturated heterocycles. The topological polar surface area (TPSA) is 43.1 Å². The number of nitro benzene ring substituents is 1. The Balaban J connectivity index is 3.36. The lowest BCUT2D eigenvalue weighted by Gasteiger charge is -1.99. The Hall–Kier alpha value is -1.10. The molecule has 0 aliphatic carbocycles. The zero-order valence-electron chi connectivity index (χ0n) is 6.24. The number of aryl methyl sites for hydroxylation is 1. The summed E-state index contributed by atoms with van der Waals surface area (Å²) in [4.78, 5) is 9.41. The molecule has 0 amide bonds. The number of thiol groups is 1. The highest BCUT2D eigenvalue weighted by atomic mass is 32.1. The van der Waals surface area contributed by atoms with E-state index >= 15 is 0 Å². The molecular weight excluding hydrogens is 181 g/mol. The summed E-state index contributed by atoms with van der Waals surface area (Å²) in [7, 11) is 0. The summed E-state index contributed by atoms with van der Waals surface area (Å²) >= 11 is 3.70.